The molecule has 2 aromatic rings. The molecule has 0 radical (unpaired) electrons. The zero-order valence-corrected chi connectivity index (χ0v) is 24.9. The summed E-state index contributed by atoms with van der Waals surface area (Å²) in [5.41, 5.74) is 0. The zero-order chi connectivity index (χ0) is 27.8. The fourth-order valence-electron chi connectivity index (χ4n) is 4.73. The third kappa shape index (κ3) is 7.06. The molecule has 1 aliphatic heterocycles. The summed E-state index contributed by atoms with van der Waals surface area (Å²) in [6.07, 6.45) is 0.553. The molecule has 1 fully saturated rings. The minimum Gasteiger partial charge on any atom is -0.402 e. The number of hydrogen-bond donors (Lipinski definition) is 0. The van der Waals surface area contributed by atoms with Crippen LogP contribution in [0, 0.1) is 0 Å². The van der Waals surface area contributed by atoms with Gasteiger partial charge in [0, 0.05) is 0 Å². The Morgan fingerprint density at radius 1 is 0.865 bits per heavy atom. The van der Waals surface area contributed by atoms with Gasteiger partial charge < -0.3 is 13.9 Å². The Balaban J connectivity index is 2.17. The van der Waals surface area contributed by atoms with Crippen LogP contribution in [0.4, 0.5) is 0 Å². The predicted molar refractivity (Wildman–Crippen MR) is 143 cm³/mol. The van der Waals surface area contributed by atoms with E-state index in [0.717, 1.165) is 22.9 Å². The van der Waals surface area contributed by atoms with Gasteiger partial charge in [-0.1, -0.05) is 81.4 Å². The Hall–Kier alpha value is -1.64. The molecule has 12 heteroatoms. The molecule has 2 atom stereocenters. The monoisotopic (exact) mass is 572 g/mol. The van der Waals surface area contributed by atoms with Crippen molar-refractivity contribution in [1.82, 2.24) is 0 Å². The number of hydrogen-bond acceptors (Lipinski definition) is 9. The molecule has 1 saturated heterocycles. The topological polar surface area (TPSA) is 114 Å². The first kappa shape index (κ1) is 29.9. The van der Waals surface area contributed by atoms with Crippen LogP contribution in [-0.2, 0) is 42.5 Å². The van der Waals surface area contributed by atoms with Crippen molar-refractivity contribution in [3.8, 4) is 0 Å². The molecule has 37 heavy (non-hydrogen) atoms. The van der Waals surface area contributed by atoms with Crippen molar-refractivity contribution in [3.63, 3.8) is 0 Å². The van der Waals surface area contributed by atoms with Crippen LogP contribution in [0.15, 0.2) is 60.7 Å². The quantitative estimate of drug-likeness (QED) is 0.313. The average Bonchev–Trinajstić information content (AvgIpc) is 3.01. The summed E-state index contributed by atoms with van der Waals surface area (Å²) in [4.78, 5) is 0. The second-order valence-corrected chi connectivity index (χ2v) is 18.2. The molecule has 0 spiro atoms. The summed E-state index contributed by atoms with van der Waals surface area (Å²) in [5, 5.41) is 1.51. The standard InChI is InChI=1S/C25H36O9S2Si/c1-23(2,3)37(20-14-10-8-11-15-20,21-16-12-9-13-17-21)31-19-25(34-36(7,28)29)22(18-30-35(6,26)27)32-24(4,5)33-25/h8-17,22H,18-19H2,1-7H3/t22-,25+/m1/s1. The third-order valence-corrected chi connectivity index (χ3v) is 12.1. The van der Waals surface area contributed by atoms with Gasteiger partial charge in [0.25, 0.3) is 28.6 Å². The largest absolute Gasteiger partial charge is 0.402 e. The maximum absolute atomic E-state index is 12.5. The molecule has 0 unspecified atom stereocenters. The molecule has 0 bridgehead atoms. The molecule has 2 aromatic carbocycles. The van der Waals surface area contributed by atoms with E-state index in [9.17, 15) is 16.8 Å². The van der Waals surface area contributed by atoms with E-state index < -0.39 is 57.9 Å². The lowest BCUT2D eigenvalue weighted by Crippen LogP contribution is -2.68. The molecule has 1 heterocycles. The van der Waals surface area contributed by atoms with Crippen LogP contribution in [0.2, 0.25) is 5.04 Å². The fourth-order valence-corrected chi connectivity index (χ4v) is 10.4. The highest BCUT2D eigenvalue weighted by Crippen LogP contribution is 2.42. The van der Waals surface area contributed by atoms with Crippen LogP contribution in [0.5, 0.6) is 0 Å². The van der Waals surface area contributed by atoms with Crippen LogP contribution in [0.1, 0.15) is 34.6 Å². The van der Waals surface area contributed by atoms with Gasteiger partial charge in [0.1, 0.15) is 6.10 Å². The van der Waals surface area contributed by atoms with E-state index in [4.69, 9.17) is 22.3 Å². The second kappa shape index (κ2) is 10.5. The normalized spacial score (nSPS) is 22.7. The Morgan fingerprint density at radius 3 is 1.76 bits per heavy atom. The van der Waals surface area contributed by atoms with Gasteiger partial charge in [0.2, 0.25) is 5.79 Å². The Labute approximate surface area is 221 Å². The van der Waals surface area contributed by atoms with Crippen LogP contribution in [0.3, 0.4) is 0 Å². The summed E-state index contributed by atoms with van der Waals surface area (Å²) in [7, 11) is -11.1. The lowest BCUT2D eigenvalue weighted by molar-refractivity contribution is -0.228. The molecule has 0 N–H and O–H groups in total. The lowest BCUT2D eigenvalue weighted by Gasteiger charge is -2.45. The summed E-state index contributed by atoms with van der Waals surface area (Å²) in [5.74, 6) is -3.32. The lowest BCUT2D eigenvalue weighted by atomic mass is 10.2. The fraction of sp³-hybridized carbons (Fsp3) is 0.520. The summed E-state index contributed by atoms with van der Waals surface area (Å²) in [6.45, 7) is 8.49. The number of benzene rings is 2. The maximum Gasteiger partial charge on any atom is 0.267 e. The first-order valence-electron chi connectivity index (χ1n) is 11.8. The zero-order valence-electron chi connectivity index (χ0n) is 22.3. The van der Waals surface area contributed by atoms with E-state index in [-0.39, 0.29) is 6.61 Å². The number of rotatable bonds is 10. The minimum absolute atomic E-state index is 0.366. The van der Waals surface area contributed by atoms with Crippen molar-refractivity contribution in [2.24, 2.45) is 0 Å². The molecular weight excluding hydrogens is 536 g/mol. The van der Waals surface area contributed by atoms with Gasteiger partial charge in [-0.3, -0.25) is 4.18 Å². The van der Waals surface area contributed by atoms with Gasteiger partial charge in [0.05, 0.1) is 25.7 Å². The van der Waals surface area contributed by atoms with Crippen LogP contribution in [-0.4, -0.2) is 68.6 Å². The van der Waals surface area contributed by atoms with Gasteiger partial charge >= 0.3 is 0 Å². The Bertz CT molecular complexity index is 1230. The molecule has 0 amide bonds. The van der Waals surface area contributed by atoms with E-state index in [1.165, 1.54) is 0 Å². The molecule has 206 valence electrons. The smallest absolute Gasteiger partial charge is 0.267 e. The van der Waals surface area contributed by atoms with Gasteiger partial charge in [0.15, 0.2) is 5.79 Å². The third-order valence-electron chi connectivity index (χ3n) is 5.97. The highest BCUT2D eigenvalue weighted by molar-refractivity contribution is 7.86. The molecule has 3 rings (SSSR count). The van der Waals surface area contributed by atoms with Crippen molar-refractivity contribution in [1.29, 1.82) is 0 Å². The van der Waals surface area contributed by atoms with Gasteiger partial charge in [-0.15, -0.1) is 0 Å². The van der Waals surface area contributed by atoms with E-state index in [1.54, 1.807) is 13.8 Å². The second-order valence-electron chi connectivity index (χ2n) is 10.6. The summed E-state index contributed by atoms with van der Waals surface area (Å²) >= 11 is 0. The Morgan fingerprint density at radius 2 is 1.35 bits per heavy atom. The number of ether oxygens (including phenoxy) is 2. The van der Waals surface area contributed by atoms with Crippen molar-refractivity contribution >= 4 is 38.9 Å². The molecule has 0 saturated carbocycles. The maximum atomic E-state index is 12.5. The summed E-state index contributed by atoms with van der Waals surface area (Å²) < 4.78 is 77.8. The van der Waals surface area contributed by atoms with E-state index in [1.807, 2.05) is 60.7 Å². The first-order chi connectivity index (χ1) is 16.9. The molecule has 9 nitrogen and oxygen atoms in total. The highest BCUT2D eigenvalue weighted by Gasteiger charge is 2.60. The molecule has 0 aromatic heterocycles. The van der Waals surface area contributed by atoms with Gasteiger partial charge in [-0.25, -0.2) is 4.18 Å². The van der Waals surface area contributed by atoms with Gasteiger partial charge in [-0.05, 0) is 29.3 Å². The predicted octanol–water partition coefficient (Wildman–Crippen LogP) is 2.36. The average molecular weight is 573 g/mol. The van der Waals surface area contributed by atoms with Crippen LogP contribution in [0.25, 0.3) is 0 Å². The van der Waals surface area contributed by atoms with Crippen LogP contribution < -0.4 is 10.4 Å². The minimum atomic E-state index is -4.11. The molecule has 1 aliphatic rings. The van der Waals surface area contributed by atoms with Crippen LogP contribution >= 0.6 is 0 Å². The van der Waals surface area contributed by atoms with E-state index >= 15 is 0 Å². The van der Waals surface area contributed by atoms with Crippen molar-refractivity contribution in [3.05, 3.63) is 60.7 Å². The van der Waals surface area contributed by atoms with E-state index in [2.05, 4.69) is 20.8 Å². The SMILES string of the molecule is CC1(C)O[C@H](COS(C)(=O)=O)[C@](CO[Si](c2ccccc2)(c2ccccc2)C(C)(C)C)(OS(C)(=O)=O)O1. The van der Waals surface area contributed by atoms with E-state index in [0.29, 0.717) is 0 Å². The Kier molecular flexibility index (Phi) is 8.48. The first-order valence-corrected chi connectivity index (χ1v) is 17.3. The molecule has 0 aliphatic carbocycles. The van der Waals surface area contributed by atoms with Crippen molar-refractivity contribution < 1.29 is 39.1 Å². The summed E-state index contributed by atoms with van der Waals surface area (Å²) in [6, 6.07) is 19.5. The molecular formula is C25H36O9S2Si. The van der Waals surface area contributed by atoms with Crippen molar-refractivity contribution in [2.75, 3.05) is 25.7 Å². The highest BCUT2D eigenvalue weighted by atomic mass is 32.2. The van der Waals surface area contributed by atoms with Gasteiger partial charge in [-0.2, -0.15) is 16.8 Å². The van der Waals surface area contributed by atoms with Crippen molar-refractivity contribution in [2.45, 2.75) is 57.3 Å².